The largest absolute Gasteiger partial charge is 0.451 e. The monoisotopic (exact) mass is 366 g/mol. The van der Waals surface area contributed by atoms with E-state index in [9.17, 15) is 22.8 Å². The second-order valence-electron chi connectivity index (χ2n) is 5.38. The smallest absolute Gasteiger partial charge is 0.288 e. The van der Waals surface area contributed by atoms with Crippen LogP contribution in [-0.4, -0.2) is 30.9 Å². The number of rotatable bonds is 4. The van der Waals surface area contributed by atoms with Crippen LogP contribution in [-0.2, 0) is 12.7 Å². The van der Waals surface area contributed by atoms with Crippen molar-refractivity contribution in [1.29, 1.82) is 0 Å². The normalized spacial score (nSPS) is 11.7. The van der Waals surface area contributed by atoms with Crippen LogP contribution >= 0.6 is 0 Å². The van der Waals surface area contributed by atoms with Crippen molar-refractivity contribution in [3.05, 3.63) is 46.1 Å². The summed E-state index contributed by atoms with van der Waals surface area (Å²) < 4.78 is 38.8. The van der Waals surface area contributed by atoms with Crippen molar-refractivity contribution in [3.63, 3.8) is 0 Å². The van der Waals surface area contributed by atoms with E-state index in [4.69, 9.17) is 0 Å². The predicted molar refractivity (Wildman–Crippen MR) is 85.6 cm³/mol. The number of amides is 1. The van der Waals surface area contributed by atoms with Gasteiger partial charge in [-0.25, -0.2) is 4.68 Å². The van der Waals surface area contributed by atoms with E-state index in [1.54, 1.807) is 23.3 Å². The highest BCUT2D eigenvalue weighted by molar-refractivity contribution is 6.10. The first-order valence-electron chi connectivity index (χ1n) is 7.62. The number of carbonyl (C=O) groups is 1. The Morgan fingerprint density at radius 3 is 2.58 bits per heavy atom. The van der Waals surface area contributed by atoms with Gasteiger partial charge < -0.3 is 0 Å². The lowest BCUT2D eigenvalue weighted by Crippen LogP contribution is -2.27. The fourth-order valence-corrected chi connectivity index (χ4v) is 2.37. The number of fused-ring (bicyclic) bond motifs is 1. The Bertz CT molecular complexity index is 1020. The SMILES string of the molecule is CCCn1nc(C(=O)Nc2n[nH]c(C(F)(F)F)n2)c2ccccc2c1=O. The van der Waals surface area contributed by atoms with Crippen molar-refractivity contribution in [2.45, 2.75) is 26.1 Å². The maximum absolute atomic E-state index is 12.6. The minimum atomic E-state index is -4.71. The van der Waals surface area contributed by atoms with Gasteiger partial charge in [0, 0.05) is 11.9 Å². The summed E-state index contributed by atoms with van der Waals surface area (Å²) >= 11 is 0. The fourth-order valence-electron chi connectivity index (χ4n) is 2.37. The second-order valence-corrected chi connectivity index (χ2v) is 5.38. The van der Waals surface area contributed by atoms with Crippen molar-refractivity contribution in [3.8, 4) is 0 Å². The number of nitrogens with one attached hydrogen (secondary N) is 2. The predicted octanol–water partition coefficient (Wildman–Crippen LogP) is 2.20. The molecule has 0 unspecified atom stereocenters. The van der Waals surface area contributed by atoms with Gasteiger partial charge in [0.25, 0.3) is 11.5 Å². The van der Waals surface area contributed by atoms with Crippen molar-refractivity contribution >= 4 is 22.6 Å². The minimum absolute atomic E-state index is 0.105. The van der Waals surface area contributed by atoms with E-state index in [-0.39, 0.29) is 22.0 Å². The molecule has 2 aromatic heterocycles. The number of H-pyrrole nitrogens is 1. The maximum atomic E-state index is 12.6. The fraction of sp³-hybridized carbons (Fsp3) is 0.267. The molecule has 0 saturated carbocycles. The molecule has 3 rings (SSSR count). The highest BCUT2D eigenvalue weighted by atomic mass is 19.4. The molecule has 2 N–H and O–H groups in total. The first-order valence-corrected chi connectivity index (χ1v) is 7.62. The Labute approximate surface area is 144 Å². The first-order chi connectivity index (χ1) is 12.3. The molecule has 26 heavy (non-hydrogen) atoms. The van der Waals surface area contributed by atoms with E-state index in [0.29, 0.717) is 13.0 Å². The lowest BCUT2D eigenvalue weighted by Gasteiger charge is -2.09. The van der Waals surface area contributed by atoms with E-state index in [0.717, 1.165) is 4.68 Å². The molecule has 1 aromatic carbocycles. The zero-order chi connectivity index (χ0) is 18.9. The number of alkyl halides is 3. The number of benzene rings is 1. The van der Waals surface area contributed by atoms with Gasteiger partial charge in [-0.05, 0) is 12.5 Å². The van der Waals surface area contributed by atoms with Crippen LogP contribution in [0.3, 0.4) is 0 Å². The molecule has 3 aromatic rings. The average Bonchev–Trinajstić information content (AvgIpc) is 3.06. The molecule has 0 bridgehead atoms. The van der Waals surface area contributed by atoms with Gasteiger partial charge in [0.15, 0.2) is 5.69 Å². The first kappa shape index (κ1) is 17.6. The summed E-state index contributed by atoms with van der Waals surface area (Å²) in [6.07, 6.45) is -4.10. The Morgan fingerprint density at radius 2 is 1.96 bits per heavy atom. The number of aryl methyl sites for hydroxylation is 1. The Hall–Kier alpha value is -3.24. The van der Waals surface area contributed by atoms with Crippen molar-refractivity contribution in [2.75, 3.05) is 5.32 Å². The van der Waals surface area contributed by atoms with Crippen LogP contribution in [0.5, 0.6) is 0 Å². The van der Waals surface area contributed by atoms with Gasteiger partial charge in [-0.1, -0.05) is 25.1 Å². The van der Waals surface area contributed by atoms with Crippen LogP contribution in [0.1, 0.15) is 29.7 Å². The number of hydrogen-bond acceptors (Lipinski definition) is 5. The summed E-state index contributed by atoms with van der Waals surface area (Å²) in [6.45, 7) is 2.14. The van der Waals surface area contributed by atoms with E-state index in [2.05, 4.69) is 20.5 Å². The van der Waals surface area contributed by atoms with Crippen molar-refractivity contribution < 1.29 is 18.0 Å². The Morgan fingerprint density at radius 1 is 1.27 bits per heavy atom. The van der Waals surface area contributed by atoms with Gasteiger partial charge >= 0.3 is 6.18 Å². The van der Waals surface area contributed by atoms with Gasteiger partial charge in [0.05, 0.1) is 5.39 Å². The molecule has 0 atom stereocenters. The standard InChI is InChI=1S/C15H13F3N6O2/c1-2-7-24-12(26)9-6-4-3-5-8(9)10(23-24)11(25)19-14-20-13(21-22-14)15(16,17)18/h3-6H,2,7H2,1H3,(H2,19,20,21,22,25). The summed E-state index contributed by atoms with van der Waals surface area (Å²) in [5.74, 6) is -2.69. The van der Waals surface area contributed by atoms with Crippen molar-refractivity contribution in [2.24, 2.45) is 0 Å². The van der Waals surface area contributed by atoms with Crippen LogP contribution in [0.15, 0.2) is 29.1 Å². The van der Waals surface area contributed by atoms with E-state index < -0.39 is 23.9 Å². The molecule has 1 amide bonds. The molecule has 2 heterocycles. The zero-order valence-corrected chi connectivity index (χ0v) is 13.5. The van der Waals surface area contributed by atoms with Crippen LogP contribution in [0.4, 0.5) is 19.1 Å². The molecule has 0 aliphatic carbocycles. The Kier molecular flexibility index (Phi) is 4.45. The average molecular weight is 366 g/mol. The molecule has 11 heteroatoms. The molecule has 0 aliphatic heterocycles. The number of aromatic nitrogens is 5. The summed E-state index contributed by atoms with van der Waals surface area (Å²) in [4.78, 5) is 28.1. The number of halogens is 3. The van der Waals surface area contributed by atoms with Crippen LogP contribution in [0.25, 0.3) is 10.8 Å². The minimum Gasteiger partial charge on any atom is -0.288 e. The molecule has 0 spiro atoms. The van der Waals surface area contributed by atoms with E-state index in [1.165, 1.54) is 6.07 Å². The number of anilines is 1. The quantitative estimate of drug-likeness (QED) is 0.736. The van der Waals surface area contributed by atoms with Gasteiger partial charge in [0.2, 0.25) is 11.8 Å². The van der Waals surface area contributed by atoms with Gasteiger partial charge in [-0.15, -0.1) is 5.10 Å². The molecule has 0 radical (unpaired) electrons. The molecule has 8 nitrogen and oxygen atoms in total. The number of hydrogen-bond donors (Lipinski definition) is 2. The third-order valence-electron chi connectivity index (χ3n) is 3.50. The lowest BCUT2D eigenvalue weighted by atomic mass is 10.1. The molecule has 0 saturated heterocycles. The third-order valence-corrected chi connectivity index (χ3v) is 3.50. The van der Waals surface area contributed by atoms with E-state index >= 15 is 0 Å². The zero-order valence-electron chi connectivity index (χ0n) is 13.5. The number of aromatic amines is 1. The summed E-state index contributed by atoms with van der Waals surface area (Å²) in [5.41, 5.74) is -0.455. The topological polar surface area (TPSA) is 106 Å². The number of nitrogens with zero attached hydrogens (tertiary/aromatic N) is 4. The van der Waals surface area contributed by atoms with Crippen LogP contribution < -0.4 is 10.9 Å². The molecular weight excluding hydrogens is 353 g/mol. The molecule has 0 fully saturated rings. The van der Waals surface area contributed by atoms with Crippen LogP contribution in [0.2, 0.25) is 0 Å². The second kappa shape index (κ2) is 6.58. The number of carbonyl (C=O) groups excluding carboxylic acids is 1. The molecule has 0 aliphatic rings. The summed E-state index contributed by atoms with van der Waals surface area (Å²) in [5, 5.41) is 11.8. The summed E-state index contributed by atoms with van der Waals surface area (Å²) in [6, 6.07) is 6.36. The molecule has 136 valence electrons. The Balaban J connectivity index is 2.01. The van der Waals surface area contributed by atoms with Crippen molar-refractivity contribution in [1.82, 2.24) is 25.0 Å². The van der Waals surface area contributed by atoms with Gasteiger partial charge in [-0.3, -0.25) is 20.0 Å². The maximum Gasteiger partial charge on any atom is 0.451 e. The summed E-state index contributed by atoms with van der Waals surface area (Å²) in [7, 11) is 0. The van der Waals surface area contributed by atoms with E-state index in [1.807, 2.05) is 6.92 Å². The van der Waals surface area contributed by atoms with Gasteiger partial charge in [-0.2, -0.15) is 23.3 Å². The lowest BCUT2D eigenvalue weighted by molar-refractivity contribution is -0.144. The molecular formula is C15H13F3N6O2. The third kappa shape index (κ3) is 3.27. The van der Waals surface area contributed by atoms with Crippen LogP contribution in [0, 0.1) is 0 Å². The highest BCUT2D eigenvalue weighted by Crippen LogP contribution is 2.26. The highest BCUT2D eigenvalue weighted by Gasteiger charge is 2.35. The van der Waals surface area contributed by atoms with Gasteiger partial charge in [0.1, 0.15) is 0 Å².